The van der Waals surface area contributed by atoms with Gasteiger partial charge in [0.15, 0.2) is 0 Å². The number of hydrogen-bond donors (Lipinski definition) is 1. The van der Waals surface area contributed by atoms with Crippen LogP contribution in [0.15, 0.2) is 0 Å². The minimum Gasteiger partial charge on any atom is -0.385 e. The Hall–Kier alpha value is -0.590. The third-order valence-corrected chi connectivity index (χ3v) is 2.16. The summed E-state index contributed by atoms with van der Waals surface area (Å²) in [6, 6.07) is 2.30. The smallest absolute Gasteiger partial charge is 0.0683 e. The largest absolute Gasteiger partial charge is 0.385 e. The van der Waals surface area contributed by atoms with E-state index >= 15 is 0 Å². The number of nitriles is 1. The van der Waals surface area contributed by atoms with E-state index in [-0.39, 0.29) is 5.41 Å². The van der Waals surface area contributed by atoms with Gasteiger partial charge in [-0.2, -0.15) is 5.26 Å². The zero-order valence-electron chi connectivity index (χ0n) is 9.60. The lowest BCUT2D eigenvalue weighted by molar-refractivity contribution is 0.194. The highest BCUT2D eigenvalue weighted by Crippen LogP contribution is 2.19. The van der Waals surface area contributed by atoms with E-state index in [1.807, 2.05) is 13.8 Å². The van der Waals surface area contributed by atoms with Gasteiger partial charge in [0, 0.05) is 13.7 Å². The zero-order chi connectivity index (χ0) is 10.9. The topological polar surface area (TPSA) is 45.0 Å². The maximum Gasteiger partial charge on any atom is 0.0683 e. The van der Waals surface area contributed by atoms with Crippen LogP contribution in [0.2, 0.25) is 0 Å². The lowest BCUT2D eigenvalue weighted by atomic mass is 9.90. The van der Waals surface area contributed by atoms with Crippen molar-refractivity contribution in [1.29, 1.82) is 5.26 Å². The van der Waals surface area contributed by atoms with E-state index in [0.717, 1.165) is 39.0 Å². The molecule has 14 heavy (non-hydrogen) atoms. The normalized spacial score (nSPS) is 11.3. The van der Waals surface area contributed by atoms with E-state index < -0.39 is 0 Å². The summed E-state index contributed by atoms with van der Waals surface area (Å²) in [4.78, 5) is 0. The summed E-state index contributed by atoms with van der Waals surface area (Å²) in [5, 5.41) is 12.1. The highest BCUT2D eigenvalue weighted by atomic mass is 16.5. The molecule has 0 saturated heterocycles. The molecule has 0 radical (unpaired) electrons. The van der Waals surface area contributed by atoms with Gasteiger partial charge in [-0.3, -0.25) is 0 Å². The van der Waals surface area contributed by atoms with Crippen molar-refractivity contribution in [2.75, 3.05) is 26.8 Å². The summed E-state index contributed by atoms with van der Waals surface area (Å²) in [5.41, 5.74) is -0.172. The number of nitrogens with one attached hydrogen (secondary N) is 1. The molecular weight excluding hydrogens is 176 g/mol. The van der Waals surface area contributed by atoms with E-state index in [1.165, 1.54) is 0 Å². The third-order valence-electron chi connectivity index (χ3n) is 2.16. The van der Waals surface area contributed by atoms with Crippen molar-refractivity contribution in [1.82, 2.24) is 5.32 Å². The molecule has 0 aromatic heterocycles. The minimum absolute atomic E-state index is 0.172. The lowest BCUT2D eigenvalue weighted by Crippen LogP contribution is -2.20. The number of ether oxygens (including phenoxy) is 1. The first-order valence-electron chi connectivity index (χ1n) is 5.23. The number of hydrogen-bond acceptors (Lipinski definition) is 3. The summed E-state index contributed by atoms with van der Waals surface area (Å²) in [6.45, 7) is 6.78. The molecule has 0 spiro atoms. The second kappa shape index (κ2) is 7.78. The van der Waals surface area contributed by atoms with Gasteiger partial charge in [-0.15, -0.1) is 0 Å². The van der Waals surface area contributed by atoms with Gasteiger partial charge < -0.3 is 10.1 Å². The lowest BCUT2D eigenvalue weighted by Gasteiger charge is -2.14. The van der Waals surface area contributed by atoms with Gasteiger partial charge in [0.05, 0.1) is 11.5 Å². The van der Waals surface area contributed by atoms with E-state index in [2.05, 4.69) is 11.4 Å². The molecule has 0 aliphatic heterocycles. The summed E-state index contributed by atoms with van der Waals surface area (Å²) < 4.78 is 4.94. The number of nitrogens with zero attached hydrogens (tertiary/aromatic N) is 1. The van der Waals surface area contributed by atoms with E-state index in [4.69, 9.17) is 10.00 Å². The maximum absolute atomic E-state index is 8.78. The Labute approximate surface area is 87.4 Å². The summed E-state index contributed by atoms with van der Waals surface area (Å²) in [7, 11) is 1.72. The fourth-order valence-corrected chi connectivity index (χ4v) is 1.18. The van der Waals surface area contributed by atoms with Crippen LogP contribution in [0.5, 0.6) is 0 Å². The zero-order valence-corrected chi connectivity index (χ0v) is 9.60. The third kappa shape index (κ3) is 8.03. The van der Waals surface area contributed by atoms with Crippen molar-refractivity contribution in [3.63, 3.8) is 0 Å². The molecule has 3 heteroatoms. The van der Waals surface area contributed by atoms with Crippen LogP contribution < -0.4 is 5.32 Å². The van der Waals surface area contributed by atoms with E-state index in [1.54, 1.807) is 7.11 Å². The molecule has 0 aliphatic rings. The van der Waals surface area contributed by atoms with Gasteiger partial charge >= 0.3 is 0 Å². The molecule has 0 rings (SSSR count). The molecule has 82 valence electrons. The standard InChI is InChI=1S/C11H22N2O/c1-11(2,10-12)6-4-7-13-8-5-9-14-3/h13H,4-9H2,1-3H3. The molecule has 0 unspecified atom stereocenters. The van der Waals surface area contributed by atoms with Crippen LogP contribution in [0.25, 0.3) is 0 Å². The Morgan fingerprint density at radius 1 is 1.29 bits per heavy atom. The molecule has 0 fully saturated rings. The molecule has 0 saturated carbocycles. The molecule has 1 N–H and O–H groups in total. The van der Waals surface area contributed by atoms with Gasteiger partial charge in [0.25, 0.3) is 0 Å². The van der Waals surface area contributed by atoms with Gasteiger partial charge in [-0.25, -0.2) is 0 Å². The molecular formula is C11H22N2O. The quantitative estimate of drug-likeness (QED) is 0.606. The van der Waals surface area contributed by atoms with Crippen LogP contribution in [0, 0.1) is 16.7 Å². The van der Waals surface area contributed by atoms with E-state index in [9.17, 15) is 0 Å². The minimum atomic E-state index is -0.172. The second-order valence-electron chi connectivity index (χ2n) is 4.20. The second-order valence-corrected chi connectivity index (χ2v) is 4.20. The Morgan fingerprint density at radius 2 is 1.93 bits per heavy atom. The number of rotatable bonds is 8. The monoisotopic (exact) mass is 198 g/mol. The Balaban J connectivity index is 3.18. The Bertz CT molecular complexity index is 173. The van der Waals surface area contributed by atoms with Crippen molar-refractivity contribution < 1.29 is 4.74 Å². The van der Waals surface area contributed by atoms with Crippen molar-refractivity contribution >= 4 is 0 Å². The first-order chi connectivity index (χ1) is 6.62. The highest BCUT2D eigenvalue weighted by Gasteiger charge is 2.14. The average molecular weight is 198 g/mol. The van der Waals surface area contributed by atoms with Crippen molar-refractivity contribution in [3.05, 3.63) is 0 Å². The average Bonchev–Trinajstić information content (AvgIpc) is 2.16. The molecule has 0 aliphatic carbocycles. The van der Waals surface area contributed by atoms with Crippen LogP contribution in [0.1, 0.15) is 33.1 Å². The van der Waals surface area contributed by atoms with Crippen LogP contribution in [-0.2, 0) is 4.74 Å². The van der Waals surface area contributed by atoms with Gasteiger partial charge in [0.2, 0.25) is 0 Å². The van der Waals surface area contributed by atoms with E-state index in [0.29, 0.717) is 0 Å². The van der Waals surface area contributed by atoms with Crippen molar-refractivity contribution in [2.45, 2.75) is 33.1 Å². The maximum atomic E-state index is 8.78. The Kier molecular flexibility index (Phi) is 7.45. The van der Waals surface area contributed by atoms with Crippen LogP contribution in [-0.4, -0.2) is 26.8 Å². The molecule has 0 aromatic carbocycles. The fraction of sp³-hybridized carbons (Fsp3) is 0.909. The van der Waals surface area contributed by atoms with Crippen LogP contribution in [0.4, 0.5) is 0 Å². The van der Waals surface area contributed by atoms with Gasteiger partial charge in [-0.1, -0.05) is 0 Å². The predicted molar refractivity (Wildman–Crippen MR) is 58.0 cm³/mol. The summed E-state index contributed by atoms with van der Waals surface area (Å²) in [6.07, 6.45) is 3.08. The highest BCUT2D eigenvalue weighted by molar-refractivity contribution is 4.91. The molecule has 0 heterocycles. The molecule has 0 atom stereocenters. The first kappa shape index (κ1) is 13.4. The van der Waals surface area contributed by atoms with Gasteiger partial charge in [0.1, 0.15) is 0 Å². The van der Waals surface area contributed by atoms with Crippen molar-refractivity contribution in [3.8, 4) is 6.07 Å². The SMILES string of the molecule is COCCCNCCCC(C)(C)C#N. The van der Waals surface area contributed by atoms with Crippen molar-refractivity contribution in [2.24, 2.45) is 5.41 Å². The van der Waals surface area contributed by atoms with Crippen LogP contribution >= 0.6 is 0 Å². The molecule has 0 bridgehead atoms. The predicted octanol–water partition coefficient (Wildman–Crippen LogP) is 1.94. The molecule has 0 aromatic rings. The summed E-state index contributed by atoms with van der Waals surface area (Å²) in [5.74, 6) is 0. The summed E-state index contributed by atoms with van der Waals surface area (Å²) >= 11 is 0. The Morgan fingerprint density at radius 3 is 2.50 bits per heavy atom. The van der Waals surface area contributed by atoms with Crippen LogP contribution in [0.3, 0.4) is 0 Å². The van der Waals surface area contributed by atoms with Gasteiger partial charge in [-0.05, 0) is 46.2 Å². The first-order valence-corrected chi connectivity index (χ1v) is 5.23. The molecule has 3 nitrogen and oxygen atoms in total. The molecule has 0 amide bonds. The fourth-order valence-electron chi connectivity index (χ4n) is 1.18. The number of methoxy groups -OCH3 is 1.